The van der Waals surface area contributed by atoms with E-state index in [1.165, 1.54) is 0 Å². The van der Waals surface area contributed by atoms with Crippen LogP contribution in [0.1, 0.15) is 20.8 Å². The fourth-order valence-corrected chi connectivity index (χ4v) is 2.05. The Hall–Kier alpha value is -0.650. The van der Waals surface area contributed by atoms with Crippen LogP contribution in [0.15, 0.2) is 0 Å². The molecule has 0 saturated carbocycles. The maximum absolute atomic E-state index is 11.5. The van der Waals surface area contributed by atoms with Gasteiger partial charge in [-0.1, -0.05) is 0 Å². The van der Waals surface area contributed by atoms with Crippen molar-refractivity contribution in [1.82, 2.24) is 0 Å². The molecule has 2 heterocycles. The highest BCUT2D eigenvalue weighted by molar-refractivity contribution is 5.83. The van der Waals surface area contributed by atoms with Crippen LogP contribution < -0.4 is 0 Å². The second kappa shape index (κ2) is 2.68. The number of fused-ring (bicyclic) bond motifs is 1. The molecule has 3 atom stereocenters. The first-order valence-electron chi connectivity index (χ1n) is 4.59. The zero-order valence-corrected chi connectivity index (χ0v) is 8.44. The van der Waals surface area contributed by atoms with Crippen LogP contribution in [0.5, 0.6) is 0 Å². The quantitative estimate of drug-likeness (QED) is 0.597. The van der Waals surface area contributed by atoms with Crippen LogP contribution in [0.3, 0.4) is 0 Å². The van der Waals surface area contributed by atoms with E-state index in [2.05, 4.69) is 0 Å². The molecule has 0 aromatic rings. The molecular weight excluding hydrogens is 188 g/mol. The van der Waals surface area contributed by atoms with Gasteiger partial charge in [0.1, 0.15) is 6.10 Å². The number of cyclic esters (lactones) is 1. The first-order chi connectivity index (χ1) is 6.39. The summed E-state index contributed by atoms with van der Waals surface area (Å²) in [5.74, 6) is -1.26. The number of aliphatic hydroxyl groups excluding tert-OH is 1. The molecule has 2 aliphatic rings. The molecule has 5 nitrogen and oxygen atoms in total. The fraction of sp³-hybridized carbons (Fsp3) is 0.889. The number of rotatable bonds is 1. The fourth-order valence-electron chi connectivity index (χ4n) is 2.05. The van der Waals surface area contributed by atoms with Crippen LogP contribution >= 0.6 is 0 Å². The number of carbonyl (C=O) groups is 1. The Bertz CT molecular complexity index is 274. The first kappa shape index (κ1) is 9.89. The molecule has 2 fully saturated rings. The largest absolute Gasteiger partial charge is 0.455 e. The van der Waals surface area contributed by atoms with Crippen molar-refractivity contribution in [2.45, 2.75) is 44.4 Å². The third-order valence-electron chi connectivity index (χ3n) is 2.59. The number of ether oxygens (including phenoxy) is 3. The van der Waals surface area contributed by atoms with Gasteiger partial charge in [0.2, 0.25) is 0 Å². The van der Waals surface area contributed by atoms with Gasteiger partial charge in [0, 0.05) is 0 Å². The first-order valence-corrected chi connectivity index (χ1v) is 4.59. The Morgan fingerprint density at radius 1 is 1.43 bits per heavy atom. The van der Waals surface area contributed by atoms with Gasteiger partial charge in [-0.15, -0.1) is 0 Å². The summed E-state index contributed by atoms with van der Waals surface area (Å²) in [5.41, 5.74) is -1.07. The predicted octanol–water partition coefficient (Wildman–Crippen LogP) is -0.186. The Labute approximate surface area is 81.9 Å². The van der Waals surface area contributed by atoms with Crippen molar-refractivity contribution in [1.29, 1.82) is 0 Å². The highest BCUT2D eigenvalue weighted by Crippen LogP contribution is 2.43. The monoisotopic (exact) mass is 202 g/mol. The Morgan fingerprint density at radius 2 is 2.07 bits per heavy atom. The molecule has 0 amide bonds. The molecule has 0 radical (unpaired) electrons. The molecule has 0 bridgehead atoms. The molecule has 80 valence electrons. The molecule has 0 aromatic heterocycles. The average Bonchev–Trinajstić information content (AvgIpc) is 2.42. The van der Waals surface area contributed by atoms with Crippen LogP contribution in [-0.4, -0.2) is 41.3 Å². The second-order valence-electron chi connectivity index (χ2n) is 4.27. The van der Waals surface area contributed by atoms with Gasteiger partial charge in [0.25, 0.3) is 0 Å². The summed E-state index contributed by atoms with van der Waals surface area (Å²) in [4.78, 5) is 11.5. The molecule has 5 heteroatoms. The number of aliphatic hydroxyl groups is 1. The lowest BCUT2D eigenvalue weighted by Gasteiger charge is -2.21. The van der Waals surface area contributed by atoms with Crippen LogP contribution in [0, 0.1) is 0 Å². The van der Waals surface area contributed by atoms with Crippen molar-refractivity contribution in [2.24, 2.45) is 0 Å². The molecule has 0 aliphatic carbocycles. The van der Waals surface area contributed by atoms with E-state index in [0.29, 0.717) is 0 Å². The van der Waals surface area contributed by atoms with E-state index in [4.69, 9.17) is 19.3 Å². The minimum atomic E-state index is -1.07. The minimum absolute atomic E-state index is 0.245. The van der Waals surface area contributed by atoms with Crippen molar-refractivity contribution < 1.29 is 24.1 Å². The van der Waals surface area contributed by atoms with Crippen molar-refractivity contribution in [3.05, 3.63) is 0 Å². The van der Waals surface area contributed by atoms with Gasteiger partial charge in [-0.05, 0) is 20.8 Å². The lowest BCUT2D eigenvalue weighted by atomic mass is 9.99. The second-order valence-corrected chi connectivity index (χ2v) is 4.27. The molecule has 0 aromatic carbocycles. The molecule has 2 rings (SSSR count). The van der Waals surface area contributed by atoms with E-state index in [0.717, 1.165) is 0 Å². The average molecular weight is 202 g/mol. The lowest BCUT2D eigenvalue weighted by Crippen LogP contribution is -2.41. The summed E-state index contributed by atoms with van der Waals surface area (Å²) < 4.78 is 16.0. The highest BCUT2D eigenvalue weighted by Gasteiger charge is 2.64. The lowest BCUT2D eigenvalue weighted by molar-refractivity contribution is -0.198. The van der Waals surface area contributed by atoms with E-state index < -0.39 is 29.6 Å². The van der Waals surface area contributed by atoms with Gasteiger partial charge in [-0.25, -0.2) is 4.79 Å². The maximum Gasteiger partial charge on any atom is 0.341 e. The van der Waals surface area contributed by atoms with Crippen LogP contribution in [0.4, 0.5) is 0 Å². The minimum Gasteiger partial charge on any atom is -0.455 e. The van der Waals surface area contributed by atoms with Gasteiger partial charge in [-0.2, -0.15) is 0 Å². The number of hydrogen-bond donors (Lipinski definition) is 1. The SMILES string of the molecule is CC1(C)O[C@H]2[C@@H](CO)OC(=O)[C@@]2(C)O1. The molecule has 0 unspecified atom stereocenters. The highest BCUT2D eigenvalue weighted by atomic mass is 16.8. The number of esters is 1. The summed E-state index contributed by atoms with van der Waals surface area (Å²) in [5, 5.41) is 9.00. The zero-order chi connectivity index (χ0) is 10.6. The van der Waals surface area contributed by atoms with Crippen LogP contribution in [-0.2, 0) is 19.0 Å². The normalized spacial score (nSPS) is 45.0. The van der Waals surface area contributed by atoms with E-state index in [-0.39, 0.29) is 6.61 Å². The molecule has 14 heavy (non-hydrogen) atoms. The maximum atomic E-state index is 11.5. The van der Waals surface area contributed by atoms with Gasteiger partial charge < -0.3 is 19.3 Å². The van der Waals surface area contributed by atoms with Gasteiger partial charge in [-0.3, -0.25) is 0 Å². The van der Waals surface area contributed by atoms with E-state index >= 15 is 0 Å². The van der Waals surface area contributed by atoms with E-state index in [9.17, 15) is 4.79 Å². The van der Waals surface area contributed by atoms with Gasteiger partial charge >= 0.3 is 5.97 Å². The molecule has 2 aliphatic heterocycles. The van der Waals surface area contributed by atoms with Crippen molar-refractivity contribution in [3.8, 4) is 0 Å². The van der Waals surface area contributed by atoms with Gasteiger partial charge in [0.05, 0.1) is 6.61 Å². The summed E-state index contributed by atoms with van der Waals surface area (Å²) in [6.45, 7) is 4.85. The molecular formula is C9H14O5. The predicted molar refractivity (Wildman–Crippen MR) is 45.4 cm³/mol. The Balaban J connectivity index is 2.30. The zero-order valence-electron chi connectivity index (χ0n) is 8.44. The standard InChI is InChI=1S/C9H14O5/c1-8(2)13-6-5(4-10)12-7(11)9(6,3)14-8/h5-6,10H,4H2,1-3H3/t5-,6+,9+/m1/s1. The molecule has 1 N–H and O–H groups in total. The van der Waals surface area contributed by atoms with Crippen molar-refractivity contribution in [3.63, 3.8) is 0 Å². The topological polar surface area (TPSA) is 65.0 Å². The van der Waals surface area contributed by atoms with Gasteiger partial charge in [0.15, 0.2) is 17.5 Å². The summed E-state index contributed by atoms with van der Waals surface area (Å²) >= 11 is 0. The molecule has 2 saturated heterocycles. The number of carbonyl (C=O) groups excluding carboxylic acids is 1. The Kier molecular flexibility index (Phi) is 1.90. The third-order valence-corrected chi connectivity index (χ3v) is 2.59. The third kappa shape index (κ3) is 1.16. The van der Waals surface area contributed by atoms with Crippen LogP contribution in [0.25, 0.3) is 0 Å². The summed E-state index contributed by atoms with van der Waals surface area (Å²) in [7, 11) is 0. The molecule has 0 spiro atoms. The van der Waals surface area contributed by atoms with Crippen molar-refractivity contribution >= 4 is 5.97 Å². The number of hydrogen-bond acceptors (Lipinski definition) is 5. The smallest absolute Gasteiger partial charge is 0.341 e. The Morgan fingerprint density at radius 3 is 2.64 bits per heavy atom. The van der Waals surface area contributed by atoms with Crippen molar-refractivity contribution in [2.75, 3.05) is 6.61 Å². The van der Waals surface area contributed by atoms with E-state index in [1.807, 2.05) is 0 Å². The summed E-state index contributed by atoms with van der Waals surface area (Å²) in [6, 6.07) is 0. The summed E-state index contributed by atoms with van der Waals surface area (Å²) in [6.07, 6.45) is -1.13. The van der Waals surface area contributed by atoms with E-state index in [1.54, 1.807) is 20.8 Å². The van der Waals surface area contributed by atoms with Crippen LogP contribution in [0.2, 0.25) is 0 Å².